The Morgan fingerprint density at radius 1 is 1.67 bits per heavy atom. The van der Waals surface area contributed by atoms with Crippen molar-refractivity contribution < 1.29 is 9.90 Å². The SMILES string of the molecule is Cc1ccnc(SCC(=O)NCCO)n1. The van der Waals surface area contributed by atoms with Crippen molar-refractivity contribution in [1.29, 1.82) is 0 Å². The van der Waals surface area contributed by atoms with Crippen molar-refractivity contribution in [1.82, 2.24) is 15.3 Å². The van der Waals surface area contributed by atoms with Crippen LogP contribution in [-0.4, -0.2) is 39.9 Å². The second-order valence-electron chi connectivity index (χ2n) is 2.84. The van der Waals surface area contributed by atoms with Gasteiger partial charge in [0.15, 0.2) is 5.16 Å². The number of hydrogen-bond acceptors (Lipinski definition) is 5. The van der Waals surface area contributed by atoms with Gasteiger partial charge in [-0.3, -0.25) is 4.79 Å². The molecule has 0 atom stereocenters. The third kappa shape index (κ3) is 4.75. The number of rotatable bonds is 5. The summed E-state index contributed by atoms with van der Waals surface area (Å²) in [5.74, 6) is 0.142. The van der Waals surface area contributed by atoms with Gasteiger partial charge in [0.25, 0.3) is 0 Å². The van der Waals surface area contributed by atoms with Crippen LogP contribution in [0.15, 0.2) is 17.4 Å². The molecule has 82 valence electrons. The molecule has 0 spiro atoms. The van der Waals surface area contributed by atoms with Gasteiger partial charge >= 0.3 is 0 Å². The van der Waals surface area contributed by atoms with Crippen LogP contribution in [0.5, 0.6) is 0 Å². The van der Waals surface area contributed by atoms with Crippen molar-refractivity contribution in [3.8, 4) is 0 Å². The third-order valence-electron chi connectivity index (χ3n) is 1.54. The molecule has 0 saturated carbocycles. The van der Waals surface area contributed by atoms with Crippen molar-refractivity contribution >= 4 is 17.7 Å². The van der Waals surface area contributed by atoms with E-state index in [0.29, 0.717) is 5.16 Å². The fourth-order valence-corrected chi connectivity index (χ4v) is 1.58. The summed E-state index contributed by atoms with van der Waals surface area (Å²) in [5, 5.41) is 11.6. The van der Waals surface area contributed by atoms with Crippen LogP contribution in [0.1, 0.15) is 5.69 Å². The van der Waals surface area contributed by atoms with Gasteiger partial charge in [0.2, 0.25) is 5.91 Å². The van der Waals surface area contributed by atoms with Gasteiger partial charge in [-0.15, -0.1) is 0 Å². The molecular formula is C9H13N3O2S. The van der Waals surface area contributed by atoms with Gasteiger partial charge in [0.1, 0.15) is 0 Å². The fraction of sp³-hybridized carbons (Fsp3) is 0.444. The summed E-state index contributed by atoms with van der Waals surface area (Å²) in [6, 6.07) is 1.80. The summed E-state index contributed by atoms with van der Waals surface area (Å²) in [6.07, 6.45) is 1.66. The summed E-state index contributed by atoms with van der Waals surface area (Å²) >= 11 is 1.28. The highest BCUT2D eigenvalue weighted by atomic mass is 32.2. The molecule has 5 nitrogen and oxygen atoms in total. The Kier molecular flexibility index (Phi) is 5.06. The van der Waals surface area contributed by atoms with E-state index in [4.69, 9.17) is 5.11 Å². The molecule has 1 heterocycles. The zero-order valence-corrected chi connectivity index (χ0v) is 9.25. The molecule has 1 amide bonds. The second-order valence-corrected chi connectivity index (χ2v) is 3.79. The average molecular weight is 227 g/mol. The topological polar surface area (TPSA) is 75.1 Å². The van der Waals surface area contributed by atoms with Crippen LogP contribution in [0.4, 0.5) is 0 Å². The van der Waals surface area contributed by atoms with Gasteiger partial charge in [-0.05, 0) is 13.0 Å². The first-order valence-electron chi connectivity index (χ1n) is 4.52. The fourth-order valence-electron chi connectivity index (χ4n) is 0.872. The first kappa shape index (κ1) is 11.9. The van der Waals surface area contributed by atoms with Crippen molar-refractivity contribution in [2.75, 3.05) is 18.9 Å². The lowest BCUT2D eigenvalue weighted by atomic mass is 10.5. The van der Waals surface area contributed by atoms with E-state index in [1.165, 1.54) is 11.8 Å². The van der Waals surface area contributed by atoms with Crippen molar-refractivity contribution in [2.24, 2.45) is 0 Å². The number of thioether (sulfide) groups is 1. The van der Waals surface area contributed by atoms with Crippen molar-refractivity contribution in [3.05, 3.63) is 18.0 Å². The third-order valence-corrected chi connectivity index (χ3v) is 2.40. The monoisotopic (exact) mass is 227 g/mol. The Morgan fingerprint density at radius 3 is 3.13 bits per heavy atom. The van der Waals surface area contributed by atoms with E-state index in [0.717, 1.165) is 5.69 Å². The summed E-state index contributed by atoms with van der Waals surface area (Å²) < 4.78 is 0. The molecule has 0 unspecified atom stereocenters. The highest BCUT2D eigenvalue weighted by Gasteiger charge is 2.03. The molecule has 15 heavy (non-hydrogen) atoms. The maximum atomic E-state index is 11.2. The Hall–Kier alpha value is -1.14. The maximum Gasteiger partial charge on any atom is 0.230 e. The van der Waals surface area contributed by atoms with Gasteiger partial charge in [0.05, 0.1) is 12.4 Å². The molecule has 0 fully saturated rings. The van der Waals surface area contributed by atoms with Gasteiger partial charge in [-0.25, -0.2) is 9.97 Å². The standard InChI is InChI=1S/C9H13N3O2S/c1-7-2-3-11-9(12-7)15-6-8(14)10-4-5-13/h2-3,13H,4-6H2,1H3,(H,10,14). The number of carbonyl (C=O) groups is 1. The van der Waals surface area contributed by atoms with Crippen LogP contribution in [0.25, 0.3) is 0 Å². The minimum Gasteiger partial charge on any atom is -0.395 e. The van der Waals surface area contributed by atoms with E-state index in [2.05, 4.69) is 15.3 Å². The number of hydrogen-bond donors (Lipinski definition) is 2. The molecule has 2 N–H and O–H groups in total. The number of aliphatic hydroxyl groups excluding tert-OH is 1. The zero-order valence-electron chi connectivity index (χ0n) is 8.43. The van der Waals surface area contributed by atoms with Crippen LogP contribution in [0, 0.1) is 6.92 Å². The van der Waals surface area contributed by atoms with E-state index in [9.17, 15) is 4.79 Å². The van der Waals surface area contributed by atoms with Crippen LogP contribution < -0.4 is 5.32 Å². The summed E-state index contributed by atoms with van der Waals surface area (Å²) in [6.45, 7) is 2.11. The lowest BCUT2D eigenvalue weighted by Crippen LogP contribution is -2.27. The quantitative estimate of drug-likeness (QED) is 0.546. The average Bonchev–Trinajstić information content (AvgIpc) is 2.23. The summed E-state index contributed by atoms with van der Waals surface area (Å²) in [7, 11) is 0. The Morgan fingerprint density at radius 2 is 2.47 bits per heavy atom. The maximum absolute atomic E-state index is 11.2. The largest absolute Gasteiger partial charge is 0.395 e. The number of nitrogens with one attached hydrogen (secondary N) is 1. The molecular weight excluding hydrogens is 214 g/mol. The van der Waals surface area contributed by atoms with Crippen LogP contribution in [0.3, 0.4) is 0 Å². The molecule has 0 aliphatic rings. The highest BCUT2D eigenvalue weighted by Crippen LogP contribution is 2.11. The van der Waals surface area contributed by atoms with Gasteiger partial charge in [-0.2, -0.15) is 0 Å². The zero-order chi connectivity index (χ0) is 11.1. The number of amides is 1. The summed E-state index contributed by atoms with van der Waals surface area (Å²) in [4.78, 5) is 19.3. The van der Waals surface area contributed by atoms with E-state index >= 15 is 0 Å². The normalized spacial score (nSPS) is 10.0. The van der Waals surface area contributed by atoms with Crippen molar-refractivity contribution in [3.63, 3.8) is 0 Å². The van der Waals surface area contributed by atoms with Crippen LogP contribution in [-0.2, 0) is 4.79 Å². The lowest BCUT2D eigenvalue weighted by molar-refractivity contribution is -0.118. The number of carbonyl (C=O) groups excluding carboxylic acids is 1. The second kappa shape index (κ2) is 6.36. The molecule has 0 saturated heterocycles. The minimum atomic E-state index is -0.126. The molecule has 0 aromatic carbocycles. The van der Waals surface area contributed by atoms with Gasteiger partial charge in [-0.1, -0.05) is 11.8 Å². The first-order chi connectivity index (χ1) is 7.22. The lowest BCUT2D eigenvalue weighted by Gasteiger charge is -2.02. The number of nitrogens with zero attached hydrogens (tertiary/aromatic N) is 2. The molecule has 1 rings (SSSR count). The van der Waals surface area contributed by atoms with E-state index < -0.39 is 0 Å². The van der Waals surface area contributed by atoms with Crippen LogP contribution >= 0.6 is 11.8 Å². The number of aromatic nitrogens is 2. The molecule has 0 aliphatic heterocycles. The minimum absolute atomic E-state index is 0.0443. The Labute approximate surface area is 92.3 Å². The van der Waals surface area contributed by atoms with E-state index in [1.54, 1.807) is 12.3 Å². The highest BCUT2D eigenvalue weighted by molar-refractivity contribution is 7.99. The molecule has 1 aromatic rings. The summed E-state index contributed by atoms with van der Waals surface area (Å²) in [5.41, 5.74) is 0.878. The number of aryl methyl sites for hydroxylation is 1. The molecule has 1 aromatic heterocycles. The predicted molar refractivity (Wildman–Crippen MR) is 57.6 cm³/mol. The smallest absolute Gasteiger partial charge is 0.230 e. The predicted octanol–water partition coefficient (Wildman–Crippen LogP) is -0.0144. The van der Waals surface area contributed by atoms with Gasteiger partial charge < -0.3 is 10.4 Å². The van der Waals surface area contributed by atoms with Crippen LogP contribution in [0.2, 0.25) is 0 Å². The van der Waals surface area contributed by atoms with Gasteiger partial charge in [0, 0.05) is 18.4 Å². The number of aliphatic hydroxyl groups is 1. The molecule has 0 aliphatic carbocycles. The molecule has 0 radical (unpaired) electrons. The molecule has 6 heteroatoms. The van der Waals surface area contributed by atoms with E-state index in [1.807, 2.05) is 6.92 Å². The Bertz CT molecular complexity index is 333. The Balaban J connectivity index is 2.33. The first-order valence-corrected chi connectivity index (χ1v) is 5.51. The molecule has 0 bridgehead atoms. The van der Waals surface area contributed by atoms with Crippen molar-refractivity contribution in [2.45, 2.75) is 12.1 Å². The van der Waals surface area contributed by atoms with E-state index in [-0.39, 0.29) is 24.8 Å².